The summed E-state index contributed by atoms with van der Waals surface area (Å²) < 4.78 is 32.3. The predicted molar refractivity (Wildman–Crippen MR) is 102 cm³/mol. The van der Waals surface area contributed by atoms with Gasteiger partial charge in [-0.2, -0.15) is 0 Å². The molecule has 2 aliphatic rings. The van der Waals surface area contributed by atoms with E-state index < -0.39 is 11.6 Å². The molecular weight excluding hydrogens is 362 g/mol. The van der Waals surface area contributed by atoms with E-state index in [4.69, 9.17) is 4.74 Å². The van der Waals surface area contributed by atoms with Crippen molar-refractivity contribution in [2.45, 2.75) is 37.3 Å². The smallest absolute Gasteiger partial charge is 0.260 e. The number of benzene rings is 2. The second-order valence-electron chi connectivity index (χ2n) is 7.66. The highest BCUT2D eigenvalue weighted by Crippen LogP contribution is 2.38. The van der Waals surface area contributed by atoms with Crippen LogP contribution in [0.25, 0.3) is 0 Å². The lowest BCUT2D eigenvalue weighted by molar-refractivity contribution is -0.132. The average Bonchev–Trinajstić information content (AvgIpc) is 3.11. The molecule has 2 fully saturated rings. The Balaban J connectivity index is 1.20. The van der Waals surface area contributed by atoms with Crippen LogP contribution in [0.4, 0.5) is 8.78 Å². The Bertz CT molecular complexity index is 804. The molecule has 2 aromatic rings. The van der Waals surface area contributed by atoms with Gasteiger partial charge in [-0.3, -0.25) is 4.79 Å². The summed E-state index contributed by atoms with van der Waals surface area (Å²) in [6, 6.07) is 13.7. The van der Waals surface area contributed by atoms with Crippen molar-refractivity contribution in [2.24, 2.45) is 0 Å². The number of amides is 1. The summed E-state index contributed by atoms with van der Waals surface area (Å²) in [5.41, 5.74) is 0.733. The van der Waals surface area contributed by atoms with Crippen LogP contribution in [0.2, 0.25) is 0 Å². The molecule has 0 bridgehead atoms. The minimum absolute atomic E-state index is 0.00475. The Morgan fingerprint density at radius 3 is 2.50 bits per heavy atom. The van der Waals surface area contributed by atoms with Gasteiger partial charge in [0.1, 0.15) is 17.4 Å². The van der Waals surface area contributed by atoms with E-state index in [2.05, 4.69) is 5.32 Å². The maximum atomic E-state index is 13.4. The number of hydrogen-bond acceptors (Lipinski definition) is 3. The molecule has 1 saturated heterocycles. The van der Waals surface area contributed by atoms with Crippen LogP contribution < -0.4 is 10.1 Å². The molecule has 148 valence electrons. The number of carbonyl (C=O) groups is 1. The number of nitrogens with zero attached hydrogens (tertiary/aromatic N) is 1. The average molecular weight is 386 g/mol. The lowest BCUT2D eigenvalue weighted by atomic mass is 9.75. The number of ether oxygens (including phenoxy) is 1. The van der Waals surface area contributed by atoms with Crippen LogP contribution in [0.5, 0.6) is 5.75 Å². The monoisotopic (exact) mass is 386 g/mol. The number of carbonyl (C=O) groups excluding carboxylic acids is 1. The zero-order valence-electron chi connectivity index (χ0n) is 15.6. The van der Waals surface area contributed by atoms with E-state index in [0.717, 1.165) is 37.4 Å². The summed E-state index contributed by atoms with van der Waals surface area (Å²) in [5, 5.41) is 3.58. The molecule has 0 spiro atoms. The van der Waals surface area contributed by atoms with Crippen molar-refractivity contribution in [3.8, 4) is 5.75 Å². The van der Waals surface area contributed by atoms with Crippen LogP contribution in [0.1, 0.15) is 30.7 Å². The normalized spacial score (nSPS) is 24.1. The fourth-order valence-electron chi connectivity index (χ4n) is 4.05. The van der Waals surface area contributed by atoms with Crippen molar-refractivity contribution in [3.05, 3.63) is 65.7 Å². The molecule has 0 aromatic heterocycles. The first-order valence-electron chi connectivity index (χ1n) is 9.74. The van der Waals surface area contributed by atoms with Gasteiger partial charge in [0.05, 0.1) is 0 Å². The van der Waals surface area contributed by atoms with Gasteiger partial charge in [-0.25, -0.2) is 8.78 Å². The molecule has 28 heavy (non-hydrogen) atoms. The highest BCUT2D eigenvalue weighted by atomic mass is 19.1. The van der Waals surface area contributed by atoms with Crippen molar-refractivity contribution in [3.63, 3.8) is 0 Å². The molecule has 4 rings (SSSR count). The van der Waals surface area contributed by atoms with E-state index in [9.17, 15) is 13.6 Å². The van der Waals surface area contributed by atoms with Crippen molar-refractivity contribution in [1.82, 2.24) is 10.2 Å². The van der Waals surface area contributed by atoms with Gasteiger partial charge in [-0.15, -0.1) is 0 Å². The van der Waals surface area contributed by atoms with E-state index in [1.807, 2.05) is 35.2 Å². The molecule has 4 nitrogen and oxygen atoms in total. The van der Waals surface area contributed by atoms with Gasteiger partial charge >= 0.3 is 0 Å². The molecule has 1 unspecified atom stereocenters. The third-order valence-electron chi connectivity index (χ3n) is 5.61. The Labute approximate surface area is 163 Å². The Morgan fingerprint density at radius 1 is 1.07 bits per heavy atom. The number of rotatable bonds is 6. The summed E-state index contributed by atoms with van der Waals surface area (Å²) >= 11 is 0. The zero-order chi connectivity index (χ0) is 19.5. The molecule has 2 aromatic carbocycles. The van der Waals surface area contributed by atoms with Gasteiger partial charge in [-0.05, 0) is 55.0 Å². The SMILES string of the molecule is O=C(COc1ccccc1)N1CCC(NC2CC(c3cc(F)cc(F)c3)C2)C1. The van der Waals surface area contributed by atoms with Crippen LogP contribution in [0.3, 0.4) is 0 Å². The van der Waals surface area contributed by atoms with Crippen LogP contribution in [0.15, 0.2) is 48.5 Å². The van der Waals surface area contributed by atoms with Crippen LogP contribution in [-0.2, 0) is 4.79 Å². The number of para-hydroxylation sites is 1. The molecule has 1 heterocycles. The fraction of sp³-hybridized carbons (Fsp3) is 0.409. The summed E-state index contributed by atoms with van der Waals surface area (Å²) in [5.74, 6) is -0.154. The van der Waals surface area contributed by atoms with Crippen molar-refractivity contribution >= 4 is 5.91 Å². The lowest BCUT2D eigenvalue weighted by Crippen LogP contribution is -2.47. The summed E-state index contributed by atoms with van der Waals surface area (Å²) in [6.45, 7) is 1.44. The van der Waals surface area contributed by atoms with Gasteiger partial charge in [0, 0.05) is 31.2 Å². The molecule has 1 atom stereocenters. The lowest BCUT2D eigenvalue weighted by Gasteiger charge is -2.38. The molecular formula is C22H24F2N2O2. The van der Waals surface area contributed by atoms with Crippen LogP contribution in [0, 0.1) is 11.6 Å². The second-order valence-corrected chi connectivity index (χ2v) is 7.66. The van der Waals surface area contributed by atoms with E-state index in [-0.39, 0.29) is 24.5 Å². The minimum Gasteiger partial charge on any atom is -0.484 e. The van der Waals surface area contributed by atoms with E-state index >= 15 is 0 Å². The third-order valence-corrected chi connectivity index (χ3v) is 5.61. The Kier molecular flexibility index (Phi) is 5.57. The molecule has 6 heteroatoms. The topological polar surface area (TPSA) is 41.6 Å². The Hall–Kier alpha value is -2.47. The number of likely N-dealkylation sites (tertiary alicyclic amines) is 1. The summed E-state index contributed by atoms with van der Waals surface area (Å²) in [7, 11) is 0. The van der Waals surface area contributed by atoms with Gasteiger partial charge in [0.15, 0.2) is 6.61 Å². The van der Waals surface area contributed by atoms with E-state index in [1.54, 1.807) is 0 Å². The number of hydrogen-bond donors (Lipinski definition) is 1. The first kappa shape index (κ1) is 18.9. The largest absolute Gasteiger partial charge is 0.484 e. The van der Waals surface area contributed by atoms with Crippen LogP contribution >= 0.6 is 0 Å². The number of halogens is 2. The van der Waals surface area contributed by atoms with Gasteiger partial charge in [0.2, 0.25) is 0 Å². The first-order chi connectivity index (χ1) is 13.6. The van der Waals surface area contributed by atoms with Crippen molar-refractivity contribution < 1.29 is 18.3 Å². The van der Waals surface area contributed by atoms with E-state index in [1.165, 1.54) is 12.1 Å². The molecule has 1 aliphatic carbocycles. The highest BCUT2D eigenvalue weighted by Gasteiger charge is 2.34. The Morgan fingerprint density at radius 2 is 1.79 bits per heavy atom. The van der Waals surface area contributed by atoms with Crippen LogP contribution in [-0.4, -0.2) is 42.6 Å². The highest BCUT2D eigenvalue weighted by molar-refractivity contribution is 5.78. The van der Waals surface area contributed by atoms with E-state index in [0.29, 0.717) is 18.3 Å². The molecule has 1 amide bonds. The maximum absolute atomic E-state index is 13.4. The zero-order valence-corrected chi connectivity index (χ0v) is 15.6. The predicted octanol–water partition coefficient (Wildman–Crippen LogP) is 3.48. The molecule has 1 N–H and O–H groups in total. The second kappa shape index (κ2) is 8.27. The molecule has 0 radical (unpaired) electrons. The van der Waals surface area contributed by atoms with Gasteiger partial charge in [0.25, 0.3) is 5.91 Å². The number of nitrogens with one attached hydrogen (secondary N) is 1. The van der Waals surface area contributed by atoms with Crippen molar-refractivity contribution in [1.29, 1.82) is 0 Å². The summed E-state index contributed by atoms with van der Waals surface area (Å²) in [4.78, 5) is 14.2. The quantitative estimate of drug-likeness (QED) is 0.827. The van der Waals surface area contributed by atoms with Gasteiger partial charge < -0.3 is 15.0 Å². The minimum atomic E-state index is -0.519. The van der Waals surface area contributed by atoms with Crippen molar-refractivity contribution in [2.75, 3.05) is 19.7 Å². The molecule has 1 saturated carbocycles. The molecule has 1 aliphatic heterocycles. The maximum Gasteiger partial charge on any atom is 0.260 e. The fourth-order valence-corrected chi connectivity index (χ4v) is 4.05. The van der Waals surface area contributed by atoms with Gasteiger partial charge in [-0.1, -0.05) is 18.2 Å². The standard InChI is InChI=1S/C22H24F2N2O2/c23-17-8-15(9-18(24)12-17)16-10-20(11-16)25-19-6-7-26(13-19)22(27)14-28-21-4-2-1-3-5-21/h1-5,8-9,12,16,19-20,25H,6-7,10-11,13-14H2. The summed E-state index contributed by atoms with van der Waals surface area (Å²) in [6.07, 6.45) is 2.64. The third kappa shape index (κ3) is 4.50. The first-order valence-corrected chi connectivity index (χ1v) is 9.74.